The average molecular weight is 249 g/mol. The third kappa shape index (κ3) is 2.24. The molecular formula is C12H15N3OS. The number of amides is 1. The lowest BCUT2D eigenvalue weighted by atomic mass is 10.2. The van der Waals surface area contributed by atoms with Gasteiger partial charge in [0.1, 0.15) is 9.71 Å². The molecular weight excluding hydrogens is 234 g/mol. The van der Waals surface area contributed by atoms with Gasteiger partial charge in [0.15, 0.2) is 0 Å². The average Bonchev–Trinajstić information content (AvgIpc) is 2.54. The van der Waals surface area contributed by atoms with Gasteiger partial charge >= 0.3 is 0 Å². The minimum Gasteiger partial charge on any atom is -0.397 e. The van der Waals surface area contributed by atoms with E-state index in [9.17, 15) is 4.79 Å². The number of pyridine rings is 1. The van der Waals surface area contributed by atoms with Crippen LogP contribution in [0.4, 0.5) is 5.69 Å². The Bertz CT molecular complexity index is 574. The van der Waals surface area contributed by atoms with E-state index in [4.69, 9.17) is 5.73 Å². The van der Waals surface area contributed by atoms with E-state index in [1.807, 2.05) is 32.9 Å². The topological polar surface area (TPSA) is 68.0 Å². The van der Waals surface area contributed by atoms with Gasteiger partial charge in [-0.25, -0.2) is 4.98 Å². The largest absolute Gasteiger partial charge is 0.397 e. The van der Waals surface area contributed by atoms with Crippen LogP contribution in [0, 0.1) is 6.92 Å². The number of hydrogen-bond acceptors (Lipinski definition) is 4. The Balaban J connectivity index is 2.48. The van der Waals surface area contributed by atoms with Crippen LogP contribution in [0.25, 0.3) is 10.2 Å². The number of aromatic nitrogens is 1. The number of fused-ring (bicyclic) bond motifs is 1. The zero-order valence-electron chi connectivity index (χ0n) is 10.1. The highest BCUT2D eigenvalue weighted by atomic mass is 32.1. The number of nitrogens with zero attached hydrogens (tertiary/aromatic N) is 1. The zero-order chi connectivity index (χ0) is 12.6. The summed E-state index contributed by atoms with van der Waals surface area (Å²) in [5, 5.41) is 3.70. The fraction of sp³-hybridized carbons (Fsp3) is 0.333. The third-order valence-corrected chi connectivity index (χ3v) is 3.47. The van der Waals surface area contributed by atoms with Crippen molar-refractivity contribution in [1.29, 1.82) is 0 Å². The van der Waals surface area contributed by atoms with Gasteiger partial charge in [-0.3, -0.25) is 4.79 Å². The fourth-order valence-electron chi connectivity index (χ4n) is 1.59. The van der Waals surface area contributed by atoms with E-state index in [0.717, 1.165) is 15.9 Å². The number of carbonyl (C=O) groups excluding carboxylic acids is 1. The normalized spacial score (nSPS) is 11.1. The SMILES string of the molecule is Cc1ccc2c(N)c(C(=O)NC(C)C)sc2n1. The van der Waals surface area contributed by atoms with Crippen LogP contribution in [0.2, 0.25) is 0 Å². The Labute approximate surface area is 104 Å². The molecule has 3 N–H and O–H groups in total. The van der Waals surface area contributed by atoms with E-state index in [0.29, 0.717) is 10.6 Å². The molecule has 0 fully saturated rings. The molecule has 0 aliphatic heterocycles. The molecule has 90 valence electrons. The highest BCUT2D eigenvalue weighted by Gasteiger charge is 2.17. The summed E-state index contributed by atoms with van der Waals surface area (Å²) < 4.78 is 0. The number of aryl methyl sites for hydroxylation is 1. The molecule has 0 radical (unpaired) electrons. The second-order valence-corrected chi connectivity index (χ2v) is 5.28. The van der Waals surface area contributed by atoms with E-state index in [-0.39, 0.29) is 11.9 Å². The zero-order valence-corrected chi connectivity index (χ0v) is 10.9. The molecule has 2 rings (SSSR count). The van der Waals surface area contributed by atoms with Crippen LogP contribution in [0.15, 0.2) is 12.1 Å². The highest BCUT2D eigenvalue weighted by molar-refractivity contribution is 7.21. The van der Waals surface area contributed by atoms with Crippen molar-refractivity contribution < 1.29 is 4.79 Å². The number of carbonyl (C=O) groups is 1. The molecule has 0 aliphatic rings. The molecule has 0 spiro atoms. The third-order valence-electron chi connectivity index (χ3n) is 2.36. The van der Waals surface area contributed by atoms with Gasteiger partial charge in [-0.15, -0.1) is 11.3 Å². The van der Waals surface area contributed by atoms with Crippen LogP contribution in [-0.4, -0.2) is 16.9 Å². The molecule has 0 aliphatic carbocycles. The Morgan fingerprint density at radius 1 is 1.47 bits per heavy atom. The lowest BCUT2D eigenvalue weighted by molar-refractivity contribution is 0.0948. The summed E-state index contributed by atoms with van der Waals surface area (Å²) in [6.45, 7) is 5.76. The molecule has 0 atom stereocenters. The second-order valence-electron chi connectivity index (χ2n) is 4.28. The van der Waals surface area contributed by atoms with Gasteiger partial charge in [-0.1, -0.05) is 0 Å². The standard InChI is InChI=1S/C12H15N3OS/c1-6(2)14-11(16)10-9(13)8-5-4-7(3)15-12(8)17-10/h4-6H,13H2,1-3H3,(H,14,16). The molecule has 2 aromatic rings. The van der Waals surface area contributed by atoms with Gasteiger partial charge in [0.2, 0.25) is 0 Å². The van der Waals surface area contributed by atoms with E-state index >= 15 is 0 Å². The highest BCUT2D eigenvalue weighted by Crippen LogP contribution is 2.32. The van der Waals surface area contributed by atoms with Crippen LogP contribution in [0.5, 0.6) is 0 Å². The van der Waals surface area contributed by atoms with Gasteiger partial charge in [0, 0.05) is 17.1 Å². The van der Waals surface area contributed by atoms with Crippen molar-refractivity contribution in [1.82, 2.24) is 10.3 Å². The quantitative estimate of drug-likeness (QED) is 0.858. The van der Waals surface area contributed by atoms with Crippen molar-refractivity contribution in [3.63, 3.8) is 0 Å². The molecule has 0 bridgehead atoms. The number of nitrogens with one attached hydrogen (secondary N) is 1. The summed E-state index contributed by atoms with van der Waals surface area (Å²) in [6.07, 6.45) is 0. The van der Waals surface area contributed by atoms with Crippen molar-refractivity contribution in [2.24, 2.45) is 0 Å². The van der Waals surface area contributed by atoms with Crippen molar-refractivity contribution in [2.45, 2.75) is 26.8 Å². The summed E-state index contributed by atoms with van der Waals surface area (Å²) in [5.41, 5.74) is 7.42. The van der Waals surface area contributed by atoms with Gasteiger partial charge < -0.3 is 11.1 Å². The monoisotopic (exact) mass is 249 g/mol. The Morgan fingerprint density at radius 2 is 2.18 bits per heavy atom. The van der Waals surface area contributed by atoms with Gasteiger partial charge in [-0.05, 0) is 32.9 Å². The van der Waals surface area contributed by atoms with Gasteiger partial charge in [0.25, 0.3) is 5.91 Å². The number of rotatable bonds is 2. The molecule has 0 saturated carbocycles. The van der Waals surface area contributed by atoms with E-state index in [1.165, 1.54) is 11.3 Å². The number of thiophene rings is 1. The minimum absolute atomic E-state index is 0.0989. The smallest absolute Gasteiger partial charge is 0.263 e. The summed E-state index contributed by atoms with van der Waals surface area (Å²) in [4.78, 5) is 17.7. The van der Waals surface area contributed by atoms with Crippen LogP contribution in [-0.2, 0) is 0 Å². The molecule has 0 unspecified atom stereocenters. The van der Waals surface area contributed by atoms with Crippen LogP contribution < -0.4 is 11.1 Å². The van der Waals surface area contributed by atoms with Crippen molar-refractivity contribution in [2.75, 3.05) is 5.73 Å². The maximum atomic E-state index is 11.9. The predicted molar refractivity (Wildman–Crippen MR) is 71.4 cm³/mol. The summed E-state index contributed by atoms with van der Waals surface area (Å²) in [6, 6.07) is 3.91. The fourth-order valence-corrected chi connectivity index (χ4v) is 2.63. The first-order valence-corrected chi connectivity index (χ1v) is 6.27. The van der Waals surface area contributed by atoms with Crippen LogP contribution in [0.1, 0.15) is 29.2 Å². The van der Waals surface area contributed by atoms with E-state index in [2.05, 4.69) is 10.3 Å². The molecule has 4 nitrogen and oxygen atoms in total. The number of anilines is 1. The minimum atomic E-state index is -0.127. The molecule has 0 saturated heterocycles. The predicted octanol–water partition coefficient (Wildman–Crippen LogP) is 2.33. The van der Waals surface area contributed by atoms with Crippen molar-refractivity contribution in [3.8, 4) is 0 Å². The first kappa shape index (κ1) is 11.9. The lowest BCUT2D eigenvalue weighted by Gasteiger charge is -2.06. The van der Waals surface area contributed by atoms with Gasteiger partial charge in [0.05, 0.1) is 5.69 Å². The molecule has 2 aromatic heterocycles. The summed E-state index contributed by atoms with van der Waals surface area (Å²) in [5.74, 6) is -0.127. The lowest BCUT2D eigenvalue weighted by Crippen LogP contribution is -2.29. The maximum Gasteiger partial charge on any atom is 0.263 e. The van der Waals surface area contributed by atoms with Gasteiger partial charge in [-0.2, -0.15) is 0 Å². The molecule has 5 heteroatoms. The van der Waals surface area contributed by atoms with E-state index in [1.54, 1.807) is 0 Å². The molecule has 0 aromatic carbocycles. The molecule has 2 heterocycles. The number of nitrogen functional groups attached to an aromatic ring is 1. The Kier molecular flexibility index (Phi) is 3.02. The summed E-state index contributed by atoms with van der Waals surface area (Å²) >= 11 is 1.34. The summed E-state index contributed by atoms with van der Waals surface area (Å²) in [7, 11) is 0. The Morgan fingerprint density at radius 3 is 2.82 bits per heavy atom. The first-order chi connectivity index (χ1) is 7.99. The van der Waals surface area contributed by atoms with Crippen molar-refractivity contribution in [3.05, 3.63) is 22.7 Å². The van der Waals surface area contributed by atoms with E-state index < -0.39 is 0 Å². The number of nitrogens with two attached hydrogens (primary N) is 1. The first-order valence-electron chi connectivity index (χ1n) is 5.45. The second kappa shape index (κ2) is 4.33. The Hall–Kier alpha value is -1.62. The van der Waals surface area contributed by atoms with Crippen LogP contribution in [0.3, 0.4) is 0 Å². The van der Waals surface area contributed by atoms with Crippen molar-refractivity contribution >= 4 is 33.1 Å². The van der Waals surface area contributed by atoms with Crippen LogP contribution >= 0.6 is 11.3 Å². The molecule has 1 amide bonds. The molecule has 17 heavy (non-hydrogen) atoms. The maximum absolute atomic E-state index is 11.9. The number of hydrogen-bond donors (Lipinski definition) is 2.